The lowest BCUT2D eigenvalue weighted by atomic mass is 10.1. The van der Waals surface area contributed by atoms with Crippen LogP contribution in [0.2, 0.25) is 0 Å². The first-order valence-electron chi connectivity index (χ1n) is 8.20. The molecule has 8 heteroatoms. The molecule has 0 atom stereocenters. The van der Waals surface area contributed by atoms with E-state index < -0.39 is 10.0 Å². The van der Waals surface area contributed by atoms with E-state index in [1.807, 2.05) is 36.5 Å². The van der Waals surface area contributed by atoms with Crippen LogP contribution in [0, 0.1) is 0 Å². The zero-order valence-electron chi connectivity index (χ0n) is 14.2. The molecule has 1 aliphatic heterocycles. The number of hydrogen-bond acceptors (Lipinski definition) is 5. The molecule has 2 aromatic carbocycles. The van der Waals surface area contributed by atoms with E-state index in [0.717, 1.165) is 11.3 Å². The number of sulfonamides is 1. The summed E-state index contributed by atoms with van der Waals surface area (Å²) in [7, 11) is -2.12. The Labute approximate surface area is 151 Å². The zero-order valence-corrected chi connectivity index (χ0v) is 15.0. The fraction of sp³-hybridized carbons (Fsp3) is 0.222. The molecule has 3 aromatic rings. The van der Waals surface area contributed by atoms with Gasteiger partial charge in [0.2, 0.25) is 10.0 Å². The summed E-state index contributed by atoms with van der Waals surface area (Å²) >= 11 is 0. The van der Waals surface area contributed by atoms with Gasteiger partial charge in [-0.25, -0.2) is 13.1 Å². The lowest BCUT2D eigenvalue weighted by Gasteiger charge is -2.37. The first-order chi connectivity index (χ1) is 12.6. The molecule has 0 unspecified atom stereocenters. The van der Waals surface area contributed by atoms with Crippen molar-refractivity contribution >= 4 is 10.0 Å². The Kier molecular flexibility index (Phi) is 4.21. The molecule has 2 heterocycles. The molecule has 0 radical (unpaired) electrons. The number of nitrogens with zero attached hydrogens (tertiary/aromatic N) is 4. The third-order valence-electron chi connectivity index (χ3n) is 4.47. The summed E-state index contributed by atoms with van der Waals surface area (Å²) in [5, 5.41) is 8.35. The number of methoxy groups -OCH3 is 1. The lowest BCUT2D eigenvalue weighted by Crippen LogP contribution is -2.50. The standard InChI is InChI=1S/C18H18N4O3S/c1-25-17-9-5-6-10-18(17)26(23,24)21-11-15(12-21)22-13-16(19-20-22)14-7-3-2-4-8-14/h2-10,13,15H,11-12H2,1H3. The second-order valence-electron chi connectivity index (χ2n) is 6.08. The van der Waals surface area contributed by atoms with Crippen LogP contribution in [0.15, 0.2) is 65.7 Å². The normalized spacial score (nSPS) is 15.6. The molecular weight excluding hydrogens is 352 g/mol. The number of para-hydroxylation sites is 1. The Balaban J connectivity index is 1.50. The molecule has 0 spiro atoms. The molecule has 4 rings (SSSR count). The molecule has 134 valence electrons. The monoisotopic (exact) mass is 370 g/mol. The number of aromatic nitrogens is 3. The van der Waals surface area contributed by atoms with Gasteiger partial charge in [-0.1, -0.05) is 47.7 Å². The van der Waals surface area contributed by atoms with Crippen molar-refractivity contribution in [3.05, 3.63) is 60.8 Å². The van der Waals surface area contributed by atoms with Crippen molar-refractivity contribution < 1.29 is 13.2 Å². The molecule has 26 heavy (non-hydrogen) atoms. The Morgan fingerprint density at radius 2 is 1.73 bits per heavy atom. The van der Waals surface area contributed by atoms with E-state index in [1.165, 1.54) is 11.4 Å². The summed E-state index contributed by atoms with van der Waals surface area (Å²) in [5.74, 6) is 0.350. The predicted molar refractivity (Wildman–Crippen MR) is 96.2 cm³/mol. The topological polar surface area (TPSA) is 77.3 Å². The summed E-state index contributed by atoms with van der Waals surface area (Å²) in [6.45, 7) is 0.718. The maximum atomic E-state index is 12.8. The van der Waals surface area contributed by atoms with Crippen LogP contribution in [-0.4, -0.2) is 47.9 Å². The second-order valence-corrected chi connectivity index (χ2v) is 7.98. The zero-order chi connectivity index (χ0) is 18.1. The summed E-state index contributed by atoms with van der Waals surface area (Å²) in [4.78, 5) is 0.185. The maximum absolute atomic E-state index is 12.8. The van der Waals surface area contributed by atoms with Gasteiger partial charge in [0.25, 0.3) is 0 Å². The minimum atomic E-state index is -3.58. The molecule has 1 aromatic heterocycles. The molecule has 0 saturated carbocycles. The summed E-state index contributed by atoms with van der Waals surface area (Å²) < 4.78 is 33.9. The quantitative estimate of drug-likeness (QED) is 0.688. The van der Waals surface area contributed by atoms with Crippen molar-refractivity contribution in [3.63, 3.8) is 0 Å². The van der Waals surface area contributed by atoms with Gasteiger partial charge in [0, 0.05) is 18.7 Å². The highest BCUT2D eigenvalue weighted by Gasteiger charge is 2.39. The number of hydrogen-bond donors (Lipinski definition) is 0. The number of benzene rings is 2. The highest BCUT2D eigenvalue weighted by molar-refractivity contribution is 7.89. The highest BCUT2D eigenvalue weighted by Crippen LogP contribution is 2.32. The van der Waals surface area contributed by atoms with Gasteiger partial charge in [0.05, 0.1) is 19.3 Å². The molecule has 0 amide bonds. The van der Waals surface area contributed by atoms with Crippen LogP contribution in [0.25, 0.3) is 11.3 Å². The third-order valence-corrected chi connectivity index (χ3v) is 6.34. The lowest BCUT2D eigenvalue weighted by molar-refractivity contribution is 0.188. The summed E-state index contributed by atoms with van der Waals surface area (Å²) in [6.07, 6.45) is 1.85. The van der Waals surface area contributed by atoms with Crippen LogP contribution in [0.5, 0.6) is 5.75 Å². The van der Waals surface area contributed by atoms with E-state index in [4.69, 9.17) is 4.74 Å². The van der Waals surface area contributed by atoms with Crippen LogP contribution in [0.4, 0.5) is 0 Å². The van der Waals surface area contributed by atoms with Crippen molar-refractivity contribution in [1.29, 1.82) is 0 Å². The molecule has 0 bridgehead atoms. The van der Waals surface area contributed by atoms with E-state index in [-0.39, 0.29) is 10.9 Å². The van der Waals surface area contributed by atoms with Gasteiger partial charge in [-0.3, -0.25) is 0 Å². The van der Waals surface area contributed by atoms with Gasteiger partial charge < -0.3 is 4.74 Å². The Bertz CT molecular complexity index is 1010. The molecule has 0 aliphatic carbocycles. The van der Waals surface area contributed by atoms with Crippen molar-refractivity contribution in [2.75, 3.05) is 20.2 Å². The Morgan fingerprint density at radius 1 is 1.04 bits per heavy atom. The Morgan fingerprint density at radius 3 is 2.46 bits per heavy atom. The Hall–Kier alpha value is -2.71. The molecule has 7 nitrogen and oxygen atoms in total. The summed E-state index contributed by atoms with van der Waals surface area (Å²) in [5.41, 5.74) is 1.76. The second kappa shape index (κ2) is 6.54. The minimum Gasteiger partial charge on any atom is -0.495 e. The minimum absolute atomic E-state index is 0.0237. The average Bonchev–Trinajstić information content (AvgIpc) is 3.10. The van der Waals surface area contributed by atoms with E-state index >= 15 is 0 Å². The maximum Gasteiger partial charge on any atom is 0.246 e. The van der Waals surface area contributed by atoms with Crippen molar-refractivity contribution in [2.45, 2.75) is 10.9 Å². The average molecular weight is 370 g/mol. The largest absolute Gasteiger partial charge is 0.495 e. The molecule has 1 fully saturated rings. The van der Waals surface area contributed by atoms with Crippen molar-refractivity contribution in [1.82, 2.24) is 19.3 Å². The SMILES string of the molecule is COc1ccccc1S(=O)(=O)N1CC(n2cc(-c3ccccc3)nn2)C1. The van der Waals surface area contributed by atoms with Gasteiger partial charge >= 0.3 is 0 Å². The fourth-order valence-electron chi connectivity index (χ4n) is 2.95. The van der Waals surface area contributed by atoms with Crippen LogP contribution >= 0.6 is 0 Å². The van der Waals surface area contributed by atoms with Crippen LogP contribution in [-0.2, 0) is 10.0 Å². The molecule has 0 N–H and O–H groups in total. The van der Waals surface area contributed by atoms with E-state index in [1.54, 1.807) is 28.9 Å². The van der Waals surface area contributed by atoms with E-state index in [0.29, 0.717) is 18.8 Å². The third kappa shape index (κ3) is 2.87. The van der Waals surface area contributed by atoms with Gasteiger partial charge in [-0.2, -0.15) is 4.31 Å². The van der Waals surface area contributed by atoms with Gasteiger partial charge in [0.15, 0.2) is 0 Å². The first kappa shape index (κ1) is 16.7. The number of rotatable bonds is 5. The van der Waals surface area contributed by atoms with Crippen molar-refractivity contribution in [3.8, 4) is 17.0 Å². The van der Waals surface area contributed by atoms with Crippen molar-refractivity contribution in [2.24, 2.45) is 0 Å². The number of ether oxygens (including phenoxy) is 1. The predicted octanol–water partition coefficient (Wildman–Crippen LogP) is 2.20. The summed E-state index contributed by atoms with van der Waals surface area (Å²) in [6, 6.07) is 16.4. The fourth-order valence-corrected chi connectivity index (χ4v) is 4.62. The van der Waals surface area contributed by atoms with Crippen LogP contribution < -0.4 is 4.74 Å². The van der Waals surface area contributed by atoms with E-state index in [2.05, 4.69) is 10.3 Å². The van der Waals surface area contributed by atoms with E-state index in [9.17, 15) is 8.42 Å². The molecule has 1 aliphatic rings. The van der Waals surface area contributed by atoms with Gasteiger partial charge in [-0.15, -0.1) is 5.10 Å². The highest BCUT2D eigenvalue weighted by atomic mass is 32.2. The van der Waals surface area contributed by atoms with Gasteiger partial charge in [0.1, 0.15) is 16.3 Å². The van der Waals surface area contributed by atoms with Crippen LogP contribution in [0.3, 0.4) is 0 Å². The first-order valence-corrected chi connectivity index (χ1v) is 9.64. The van der Waals surface area contributed by atoms with Crippen LogP contribution in [0.1, 0.15) is 6.04 Å². The van der Waals surface area contributed by atoms with Gasteiger partial charge in [-0.05, 0) is 12.1 Å². The smallest absolute Gasteiger partial charge is 0.246 e. The molecular formula is C18H18N4O3S. The molecule has 1 saturated heterocycles.